The van der Waals surface area contributed by atoms with Gasteiger partial charge in [0.25, 0.3) is 0 Å². The summed E-state index contributed by atoms with van der Waals surface area (Å²) in [6, 6.07) is 4.72. The molecular formula is C12H19N3O3S. The molecule has 0 spiro atoms. The number of nitrogens with zero attached hydrogens (tertiary/aromatic N) is 1. The van der Waals surface area contributed by atoms with Gasteiger partial charge in [0.15, 0.2) is 0 Å². The summed E-state index contributed by atoms with van der Waals surface area (Å²) in [5.41, 5.74) is 6.61. The Kier molecular flexibility index (Phi) is 4.90. The van der Waals surface area contributed by atoms with E-state index in [-0.39, 0.29) is 23.8 Å². The first-order valence-corrected chi connectivity index (χ1v) is 7.29. The molecule has 3 N–H and O–H groups in total. The standard InChI is InChI=1S/C12H19N3O3S/c1-9-10(13)5-4-6-11(9)19(17,18)14-8-7-12(16)15(2)3/h4-6,14H,7-8,13H2,1-3H3. The summed E-state index contributed by atoms with van der Waals surface area (Å²) in [7, 11) is -0.388. The van der Waals surface area contributed by atoms with Crippen molar-refractivity contribution in [2.45, 2.75) is 18.2 Å². The maximum atomic E-state index is 12.1. The summed E-state index contributed by atoms with van der Waals surface area (Å²) in [4.78, 5) is 12.9. The number of nitrogens with two attached hydrogens (primary N) is 1. The van der Waals surface area contributed by atoms with Crippen LogP contribution in [0.15, 0.2) is 23.1 Å². The van der Waals surface area contributed by atoms with E-state index in [9.17, 15) is 13.2 Å². The van der Waals surface area contributed by atoms with Crippen LogP contribution in [0.3, 0.4) is 0 Å². The van der Waals surface area contributed by atoms with Crippen LogP contribution in [-0.2, 0) is 14.8 Å². The van der Waals surface area contributed by atoms with Crippen LogP contribution in [-0.4, -0.2) is 39.9 Å². The minimum atomic E-state index is -3.64. The topological polar surface area (TPSA) is 92.5 Å². The van der Waals surface area contributed by atoms with E-state index in [1.54, 1.807) is 33.2 Å². The van der Waals surface area contributed by atoms with Crippen LogP contribution in [0.5, 0.6) is 0 Å². The summed E-state index contributed by atoms with van der Waals surface area (Å²) < 4.78 is 26.5. The first-order valence-electron chi connectivity index (χ1n) is 5.80. The summed E-state index contributed by atoms with van der Waals surface area (Å²) in [5, 5.41) is 0. The minimum Gasteiger partial charge on any atom is -0.398 e. The first kappa shape index (κ1) is 15.5. The molecule has 0 atom stereocenters. The number of nitrogen functional groups attached to an aromatic ring is 1. The molecule has 0 radical (unpaired) electrons. The maximum Gasteiger partial charge on any atom is 0.240 e. The molecule has 0 heterocycles. The van der Waals surface area contributed by atoms with E-state index >= 15 is 0 Å². The lowest BCUT2D eigenvalue weighted by Crippen LogP contribution is -2.30. The molecular weight excluding hydrogens is 266 g/mol. The van der Waals surface area contributed by atoms with E-state index in [0.29, 0.717) is 11.3 Å². The predicted octanol–water partition coefficient (Wildman–Crippen LogP) is 0.334. The Morgan fingerprint density at radius 2 is 2.00 bits per heavy atom. The largest absolute Gasteiger partial charge is 0.398 e. The monoisotopic (exact) mass is 285 g/mol. The van der Waals surface area contributed by atoms with Crippen LogP contribution >= 0.6 is 0 Å². The molecule has 1 aromatic carbocycles. The lowest BCUT2D eigenvalue weighted by atomic mass is 10.2. The Morgan fingerprint density at radius 1 is 1.37 bits per heavy atom. The number of sulfonamides is 1. The van der Waals surface area contributed by atoms with Gasteiger partial charge >= 0.3 is 0 Å². The molecule has 106 valence electrons. The van der Waals surface area contributed by atoms with Crippen molar-refractivity contribution in [2.24, 2.45) is 0 Å². The highest BCUT2D eigenvalue weighted by Gasteiger charge is 2.17. The zero-order valence-electron chi connectivity index (χ0n) is 11.3. The lowest BCUT2D eigenvalue weighted by Gasteiger charge is -2.12. The van der Waals surface area contributed by atoms with Crippen molar-refractivity contribution in [3.05, 3.63) is 23.8 Å². The van der Waals surface area contributed by atoms with Gasteiger partial charge < -0.3 is 10.6 Å². The quantitative estimate of drug-likeness (QED) is 0.763. The predicted molar refractivity (Wildman–Crippen MR) is 74.1 cm³/mol. The van der Waals surface area contributed by atoms with Crippen LogP contribution in [0.2, 0.25) is 0 Å². The van der Waals surface area contributed by atoms with Gasteiger partial charge in [-0.2, -0.15) is 0 Å². The summed E-state index contributed by atoms with van der Waals surface area (Å²) in [6.45, 7) is 1.71. The second kappa shape index (κ2) is 6.03. The number of benzene rings is 1. The zero-order valence-corrected chi connectivity index (χ0v) is 12.1. The summed E-state index contributed by atoms with van der Waals surface area (Å²) in [5.74, 6) is -0.132. The molecule has 0 bridgehead atoms. The van der Waals surface area contributed by atoms with Gasteiger partial charge in [-0.25, -0.2) is 13.1 Å². The molecule has 0 fully saturated rings. The molecule has 1 rings (SSSR count). The lowest BCUT2D eigenvalue weighted by molar-refractivity contribution is -0.128. The van der Waals surface area contributed by atoms with Crippen molar-refractivity contribution in [3.8, 4) is 0 Å². The molecule has 7 heteroatoms. The van der Waals surface area contributed by atoms with Crippen molar-refractivity contribution >= 4 is 21.6 Å². The number of carbonyl (C=O) groups excluding carboxylic acids is 1. The normalized spacial score (nSPS) is 11.3. The van der Waals surface area contributed by atoms with Gasteiger partial charge in [0.1, 0.15) is 0 Å². The Bertz CT molecular complexity index is 568. The van der Waals surface area contributed by atoms with Crippen LogP contribution in [0, 0.1) is 6.92 Å². The van der Waals surface area contributed by atoms with Gasteiger partial charge in [-0.15, -0.1) is 0 Å². The number of carbonyl (C=O) groups is 1. The minimum absolute atomic E-state index is 0.0631. The molecule has 0 saturated heterocycles. The fourth-order valence-corrected chi connectivity index (χ4v) is 2.82. The third kappa shape index (κ3) is 3.93. The second-order valence-corrected chi connectivity index (χ2v) is 6.14. The van der Waals surface area contributed by atoms with E-state index in [4.69, 9.17) is 5.73 Å². The van der Waals surface area contributed by atoms with Crippen molar-refractivity contribution in [3.63, 3.8) is 0 Å². The van der Waals surface area contributed by atoms with E-state index in [1.807, 2.05) is 0 Å². The smallest absolute Gasteiger partial charge is 0.240 e. The van der Waals surface area contributed by atoms with Crippen LogP contribution in [0.1, 0.15) is 12.0 Å². The fourth-order valence-electron chi connectivity index (χ4n) is 1.52. The number of hydrogen-bond donors (Lipinski definition) is 2. The molecule has 0 aliphatic rings. The average molecular weight is 285 g/mol. The van der Waals surface area contributed by atoms with Crippen LogP contribution < -0.4 is 10.5 Å². The van der Waals surface area contributed by atoms with Gasteiger partial charge in [-0.1, -0.05) is 6.07 Å². The van der Waals surface area contributed by atoms with Gasteiger partial charge in [0.05, 0.1) is 4.90 Å². The van der Waals surface area contributed by atoms with Crippen molar-refractivity contribution in [2.75, 3.05) is 26.4 Å². The number of hydrogen-bond acceptors (Lipinski definition) is 4. The molecule has 1 aromatic rings. The van der Waals surface area contributed by atoms with E-state index in [2.05, 4.69) is 4.72 Å². The Labute approximate surface area is 113 Å². The molecule has 6 nitrogen and oxygen atoms in total. The number of rotatable bonds is 5. The molecule has 0 unspecified atom stereocenters. The van der Waals surface area contributed by atoms with Gasteiger partial charge in [-0.05, 0) is 24.6 Å². The van der Waals surface area contributed by atoms with Gasteiger partial charge in [0.2, 0.25) is 15.9 Å². The van der Waals surface area contributed by atoms with Gasteiger partial charge in [-0.3, -0.25) is 4.79 Å². The number of nitrogens with one attached hydrogen (secondary N) is 1. The molecule has 0 saturated carbocycles. The molecule has 0 aromatic heterocycles. The zero-order chi connectivity index (χ0) is 14.6. The summed E-state index contributed by atoms with van der Waals surface area (Å²) >= 11 is 0. The third-order valence-corrected chi connectivity index (χ3v) is 4.35. The fraction of sp³-hybridized carbons (Fsp3) is 0.417. The molecule has 1 amide bonds. The van der Waals surface area contributed by atoms with Crippen LogP contribution in [0.25, 0.3) is 0 Å². The SMILES string of the molecule is Cc1c(N)cccc1S(=O)(=O)NCCC(=O)N(C)C. The third-order valence-electron chi connectivity index (χ3n) is 2.75. The Balaban J connectivity index is 2.77. The number of amides is 1. The first-order chi connectivity index (χ1) is 8.75. The van der Waals surface area contributed by atoms with Crippen molar-refractivity contribution < 1.29 is 13.2 Å². The van der Waals surface area contributed by atoms with Gasteiger partial charge in [0, 0.05) is 32.7 Å². The molecule has 0 aliphatic carbocycles. The molecule has 0 aliphatic heterocycles. The highest BCUT2D eigenvalue weighted by atomic mass is 32.2. The van der Waals surface area contributed by atoms with Crippen LogP contribution in [0.4, 0.5) is 5.69 Å². The number of anilines is 1. The average Bonchev–Trinajstić information content (AvgIpc) is 2.31. The van der Waals surface area contributed by atoms with Crippen molar-refractivity contribution in [1.82, 2.24) is 9.62 Å². The Hall–Kier alpha value is -1.60. The summed E-state index contributed by atoms with van der Waals surface area (Å²) in [6.07, 6.45) is 0.119. The van der Waals surface area contributed by atoms with E-state index in [0.717, 1.165) is 0 Å². The van der Waals surface area contributed by atoms with E-state index < -0.39 is 10.0 Å². The molecule has 19 heavy (non-hydrogen) atoms. The van der Waals surface area contributed by atoms with E-state index in [1.165, 1.54) is 11.0 Å². The highest BCUT2D eigenvalue weighted by molar-refractivity contribution is 7.89. The second-order valence-electron chi connectivity index (χ2n) is 4.41. The van der Waals surface area contributed by atoms with Crippen molar-refractivity contribution in [1.29, 1.82) is 0 Å². The Morgan fingerprint density at radius 3 is 2.58 bits per heavy atom. The maximum absolute atomic E-state index is 12.1. The highest BCUT2D eigenvalue weighted by Crippen LogP contribution is 2.19.